The van der Waals surface area contributed by atoms with Crippen molar-refractivity contribution >= 4 is 23.0 Å². The minimum absolute atomic E-state index is 0.189. The van der Waals surface area contributed by atoms with E-state index in [1.54, 1.807) is 12.1 Å². The highest BCUT2D eigenvalue weighted by atomic mass is 32.1. The maximum atomic E-state index is 13.2. The lowest BCUT2D eigenvalue weighted by Gasteiger charge is -2.22. The number of carbonyl (C=O) groups is 2. The molecule has 0 atom stereocenters. The van der Waals surface area contributed by atoms with E-state index in [4.69, 9.17) is 4.42 Å². The summed E-state index contributed by atoms with van der Waals surface area (Å²) in [6, 6.07) is 9.68. The van der Waals surface area contributed by atoms with Crippen molar-refractivity contribution in [3.8, 4) is 21.9 Å². The van der Waals surface area contributed by atoms with Crippen molar-refractivity contribution in [2.24, 2.45) is 0 Å². The topological polar surface area (TPSA) is 85.1 Å². The van der Waals surface area contributed by atoms with Gasteiger partial charge in [0.05, 0.1) is 16.1 Å². The van der Waals surface area contributed by atoms with Gasteiger partial charge in [0, 0.05) is 40.4 Å². The van der Waals surface area contributed by atoms with Gasteiger partial charge in [-0.1, -0.05) is 13.8 Å². The Morgan fingerprint density at radius 1 is 1.03 bits per heavy atom. The van der Waals surface area contributed by atoms with E-state index in [1.807, 2.05) is 13.8 Å². The van der Waals surface area contributed by atoms with Crippen LogP contribution in [-0.4, -0.2) is 34.4 Å². The van der Waals surface area contributed by atoms with Crippen LogP contribution in [-0.2, 0) is 5.41 Å². The number of ketones is 1. The van der Waals surface area contributed by atoms with Gasteiger partial charge in [-0.15, -0.1) is 11.3 Å². The fourth-order valence-corrected chi connectivity index (χ4v) is 4.20. The van der Waals surface area contributed by atoms with Crippen LogP contribution in [0, 0.1) is 5.82 Å². The number of carbonyl (C=O) groups excluding carboxylic acids is 2. The van der Waals surface area contributed by atoms with Crippen molar-refractivity contribution < 1.29 is 31.6 Å². The van der Waals surface area contributed by atoms with Crippen LogP contribution in [0.3, 0.4) is 0 Å². The van der Waals surface area contributed by atoms with Crippen molar-refractivity contribution in [1.29, 1.82) is 0 Å². The molecule has 0 saturated carbocycles. The number of amides is 1. The molecule has 0 aliphatic carbocycles. The zero-order valence-electron chi connectivity index (χ0n) is 19.0. The summed E-state index contributed by atoms with van der Waals surface area (Å²) in [4.78, 5) is 32.6. The van der Waals surface area contributed by atoms with Crippen molar-refractivity contribution in [3.05, 3.63) is 83.1 Å². The Bertz CT molecular complexity index is 1410. The Morgan fingerprint density at radius 2 is 1.75 bits per heavy atom. The molecule has 0 aliphatic heterocycles. The van der Waals surface area contributed by atoms with Crippen molar-refractivity contribution in [2.75, 3.05) is 6.54 Å². The van der Waals surface area contributed by atoms with Gasteiger partial charge in [0.2, 0.25) is 5.89 Å². The lowest BCUT2D eigenvalue weighted by molar-refractivity contribution is -0.0882. The second-order valence-electron chi connectivity index (χ2n) is 8.56. The lowest BCUT2D eigenvalue weighted by Crippen LogP contribution is -2.37. The average molecular weight is 518 g/mol. The summed E-state index contributed by atoms with van der Waals surface area (Å²) in [5.41, 5.74) is 1.18. The van der Waals surface area contributed by atoms with Crippen molar-refractivity contribution in [1.82, 2.24) is 15.3 Å². The number of rotatable bonds is 7. The number of pyridine rings is 1. The summed E-state index contributed by atoms with van der Waals surface area (Å²) in [6.07, 6.45) is -0.743. The van der Waals surface area contributed by atoms with Gasteiger partial charge in [-0.05, 0) is 42.5 Å². The normalized spacial score (nSPS) is 11.9. The molecule has 0 spiro atoms. The van der Waals surface area contributed by atoms with E-state index < -0.39 is 28.2 Å². The van der Waals surface area contributed by atoms with E-state index in [1.165, 1.54) is 42.9 Å². The van der Waals surface area contributed by atoms with E-state index in [0.717, 1.165) is 6.07 Å². The highest BCUT2D eigenvalue weighted by molar-refractivity contribution is 7.17. The molecule has 0 aliphatic rings. The smallest absolute Gasteiger partial charge is 0.444 e. The predicted molar refractivity (Wildman–Crippen MR) is 125 cm³/mol. The molecular formula is C25H19F4N3O3S. The quantitative estimate of drug-likeness (QED) is 0.238. The minimum atomic E-state index is -4.96. The number of nitrogens with zero attached hydrogens (tertiary/aromatic N) is 2. The highest BCUT2D eigenvalue weighted by Gasteiger charge is 2.40. The molecule has 3 aromatic heterocycles. The molecule has 36 heavy (non-hydrogen) atoms. The number of nitrogens with one attached hydrogen (secondary N) is 1. The van der Waals surface area contributed by atoms with E-state index in [9.17, 15) is 27.2 Å². The first-order valence-electron chi connectivity index (χ1n) is 10.6. The Hall–Kier alpha value is -3.86. The van der Waals surface area contributed by atoms with Gasteiger partial charge < -0.3 is 9.73 Å². The predicted octanol–water partition coefficient (Wildman–Crippen LogP) is 6.06. The molecule has 1 amide bonds. The maximum absolute atomic E-state index is 13.2. The SMILES string of the molecule is CC(C)(CNC(=O)c1cncc(-c2ccc(C(=O)C(F)(F)F)s2)c1)c1coc(-c2ccc(F)cc2)n1. The number of hydrogen-bond acceptors (Lipinski definition) is 6. The number of aromatic nitrogens is 2. The first-order valence-corrected chi connectivity index (χ1v) is 11.4. The zero-order valence-corrected chi connectivity index (χ0v) is 19.8. The summed E-state index contributed by atoms with van der Waals surface area (Å²) in [5, 5.41) is 2.81. The Labute approximate surface area is 207 Å². The van der Waals surface area contributed by atoms with Crippen LogP contribution in [0.2, 0.25) is 0 Å². The third-order valence-corrected chi connectivity index (χ3v) is 6.48. The summed E-state index contributed by atoms with van der Waals surface area (Å²) in [5.74, 6) is -2.41. The summed E-state index contributed by atoms with van der Waals surface area (Å²) < 4.78 is 56.8. The largest absolute Gasteiger partial charge is 0.455 e. The van der Waals surface area contributed by atoms with E-state index >= 15 is 0 Å². The van der Waals surface area contributed by atoms with Crippen LogP contribution in [0.15, 0.2) is 65.5 Å². The standard InChI is InChI=1S/C25H19F4N3O3S/c1-24(2,20-12-35-23(32-20)14-3-5-17(26)6-4-14)13-31-22(34)16-9-15(10-30-11-16)18-7-8-19(36-18)21(33)25(27,28)29/h3-12H,13H2,1-2H3,(H,31,34). The third kappa shape index (κ3) is 5.51. The summed E-state index contributed by atoms with van der Waals surface area (Å²) >= 11 is 0.677. The highest BCUT2D eigenvalue weighted by Crippen LogP contribution is 2.32. The number of thiophene rings is 1. The van der Waals surface area contributed by atoms with E-state index in [2.05, 4.69) is 15.3 Å². The maximum Gasteiger partial charge on any atom is 0.455 e. The van der Waals surface area contributed by atoms with Gasteiger partial charge in [0.25, 0.3) is 11.7 Å². The fourth-order valence-electron chi connectivity index (χ4n) is 3.26. The van der Waals surface area contributed by atoms with Crippen LogP contribution in [0.1, 0.15) is 39.6 Å². The first kappa shape index (κ1) is 25.2. The van der Waals surface area contributed by atoms with Crippen LogP contribution in [0.5, 0.6) is 0 Å². The summed E-state index contributed by atoms with van der Waals surface area (Å²) in [7, 11) is 0. The molecular weight excluding hydrogens is 498 g/mol. The van der Waals surface area contributed by atoms with E-state index in [0.29, 0.717) is 38.9 Å². The van der Waals surface area contributed by atoms with Gasteiger partial charge in [-0.3, -0.25) is 14.6 Å². The molecule has 0 radical (unpaired) electrons. The van der Waals surface area contributed by atoms with Gasteiger partial charge in [-0.2, -0.15) is 13.2 Å². The molecule has 4 aromatic rings. The molecule has 0 saturated heterocycles. The lowest BCUT2D eigenvalue weighted by atomic mass is 9.90. The van der Waals surface area contributed by atoms with Gasteiger partial charge >= 0.3 is 6.18 Å². The molecule has 186 valence electrons. The molecule has 11 heteroatoms. The molecule has 0 fully saturated rings. The van der Waals surface area contributed by atoms with Gasteiger partial charge in [-0.25, -0.2) is 9.37 Å². The van der Waals surface area contributed by atoms with Crippen LogP contribution in [0.25, 0.3) is 21.9 Å². The van der Waals surface area contributed by atoms with Crippen molar-refractivity contribution in [2.45, 2.75) is 25.4 Å². The fraction of sp³-hybridized carbons (Fsp3) is 0.200. The minimum Gasteiger partial charge on any atom is -0.444 e. The Kier molecular flexibility index (Phi) is 6.77. The number of Topliss-reactive ketones (excluding diaryl/α,β-unsaturated/α-hetero) is 1. The molecule has 1 aromatic carbocycles. The second-order valence-corrected chi connectivity index (χ2v) is 9.65. The molecule has 6 nitrogen and oxygen atoms in total. The number of benzene rings is 1. The van der Waals surface area contributed by atoms with Crippen molar-refractivity contribution in [3.63, 3.8) is 0 Å². The first-order chi connectivity index (χ1) is 16.9. The summed E-state index contributed by atoms with van der Waals surface area (Å²) in [6.45, 7) is 3.91. The van der Waals surface area contributed by atoms with Crippen LogP contribution >= 0.6 is 11.3 Å². The Morgan fingerprint density at radius 3 is 2.44 bits per heavy atom. The molecule has 0 bridgehead atoms. The number of hydrogen-bond donors (Lipinski definition) is 1. The molecule has 1 N–H and O–H groups in total. The Balaban J connectivity index is 1.44. The van der Waals surface area contributed by atoms with Gasteiger partial charge in [0.15, 0.2) is 0 Å². The molecule has 0 unspecified atom stereocenters. The monoisotopic (exact) mass is 517 g/mol. The second kappa shape index (κ2) is 9.65. The third-order valence-electron chi connectivity index (χ3n) is 5.35. The van der Waals surface area contributed by atoms with Crippen LogP contribution in [0.4, 0.5) is 17.6 Å². The number of halogens is 4. The molecule has 4 rings (SSSR count). The zero-order chi connectivity index (χ0) is 26.1. The van der Waals surface area contributed by atoms with Gasteiger partial charge in [0.1, 0.15) is 12.1 Å². The van der Waals surface area contributed by atoms with E-state index in [-0.39, 0.29) is 17.9 Å². The van der Waals surface area contributed by atoms with Crippen LogP contribution < -0.4 is 5.32 Å². The number of alkyl halides is 3. The molecule has 3 heterocycles. The number of oxazole rings is 1. The average Bonchev–Trinajstić information content (AvgIpc) is 3.53.